The van der Waals surface area contributed by atoms with Crippen LogP contribution in [-0.2, 0) is 9.53 Å². The number of carbonyl (C=O) groups excluding carboxylic acids is 1. The molecule has 5 heteroatoms. The molecule has 1 aromatic carbocycles. The van der Waals surface area contributed by atoms with Crippen molar-refractivity contribution in [1.29, 1.82) is 0 Å². The molecule has 0 aliphatic carbocycles. The zero-order chi connectivity index (χ0) is 13.5. The third-order valence-corrected chi connectivity index (χ3v) is 4.75. The lowest BCUT2D eigenvalue weighted by atomic mass is 10.3. The molecule has 0 amide bonds. The molecule has 0 bridgehead atoms. The summed E-state index contributed by atoms with van der Waals surface area (Å²) in [7, 11) is 0. The number of ether oxygens (including phenoxy) is 1. The average molecular weight is 295 g/mol. The quantitative estimate of drug-likeness (QED) is 0.437. The molecule has 3 nitrogen and oxygen atoms in total. The van der Waals surface area contributed by atoms with Crippen LogP contribution < -0.4 is 0 Å². The predicted molar refractivity (Wildman–Crippen MR) is 80.8 cm³/mol. The molecular formula is C14H17NO2S2. The van der Waals surface area contributed by atoms with Crippen LogP contribution in [0.25, 0.3) is 10.2 Å². The summed E-state index contributed by atoms with van der Waals surface area (Å²) in [5.74, 6) is 0.187. The molecule has 0 N–H and O–H groups in total. The Bertz CT molecular complexity index is 506. The summed E-state index contributed by atoms with van der Waals surface area (Å²) in [6, 6.07) is 7.99. The third kappa shape index (κ3) is 4.51. The van der Waals surface area contributed by atoms with Gasteiger partial charge in [-0.2, -0.15) is 0 Å². The van der Waals surface area contributed by atoms with Gasteiger partial charge in [-0.1, -0.05) is 43.7 Å². The molecule has 0 atom stereocenters. The summed E-state index contributed by atoms with van der Waals surface area (Å²) < 4.78 is 7.23. The number of hydrogen-bond acceptors (Lipinski definition) is 5. The number of carbonyl (C=O) groups is 1. The molecule has 2 aromatic rings. The lowest BCUT2D eigenvalue weighted by Crippen LogP contribution is -2.08. The third-order valence-electron chi connectivity index (χ3n) is 2.60. The maximum absolute atomic E-state index is 11.5. The molecule has 1 heterocycles. The Morgan fingerprint density at radius 1 is 1.37 bits per heavy atom. The van der Waals surface area contributed by atoms with Crippen molar-refractivity contribution in [2.45, 2.75) is 30.5 Å². The summed E-state index contributed by atoms with van der Waals surface area (Å²) in [5, 5.41) is 0. The van der Waals surface area contributed by atoms with E-state index in [9.17, 15) is 4.79 Å². The number of thiazole rings is 1. The highest BCUT2D eigenvalue weighted by atomic mass is 32.2. The summed E-state index contributed by atoms with van der Waals surface area (Å²) in [6.45, 7) is 2.66. The van der Waals surface area contributed by atoms with Crippen molar-refractivity contribution in [3.63, 3.8) is 0 Å². The Balaban J connectivity index is 1.77. The lowest BCUT2D eigenvalue weighted by molar-refractivity contribution is -0.140. The minimum Gasteiger partial charge on any atom is -0.465 e. The number of aromatic nitrogens is 1. The van der Waals surface area contributed by atoms with Crippen LogP contribution in [0.5, 0.6) is 0 Å². The van der Waals surface area contributed by atoms with Crippen LogP contribution in [0.1, 0.15) is 26.2 Å². The fourth-order valence-electron chi connectivity index (χ4n) is 1.61. The highest BCUT2D eigenvalue weighted by Gasteiger charge is 2.08. The number of thioether (sulfide) groups is 1. The minimum absolute atomic E-state index is 0.152. The first kappa shape index (κ1) is 14.3. The molecule has 0 radical (unpaired) electrons. The van der Waals surface area contributed by atoms with Crippen LogP contribution in [0.3, 0.4) is 0 Å². The van der Waals surface area contributed by atoms with Crippen molar-refractivity contribution >= 4 is 39.3 Å². The summed E-state index contributed by atoms with van der Waals surface area (Å²) in [5.41, 5.74) is 0.992. The monoisotopic (exact) mass is 295 g/mol. The SMILES string of the molecule is CCCCCOC(=O)CSc1nc2ccccc2s1. The van der Waals surface area contributed by atoms with Gasteiger partial charge in [-0.15, -0.1) is 11.3 Å². The standard InChI is InChI=1S/C14H17NO2S2/c1-2-3-6-9-17-13(16)10-18-14-15-11-7-4-5-8-12(11)19-14/h4-5,7-8H,2-3,6,9-10H2,1H3. The Morgan fingerprint density at radius 3 is 3.00 bits per heavy atom. The van der Waals surface area contributed by atoms with Crippen LogP contribution >= 0.6 is 23.1 Å². The van der Waals surface area contributed by atoms with Crippen molar-refractivity contribution in [2.75, 3.05) is 12.4 Å². The summed E-state index contributed by atoms with van der Waals surface area (Å²) in [6.07, 6.45) is 3.20. The van der Waals surface area contributed by atoms with Gasteiger partial charge in [0.1, 0.15) is 0 Å². The Hall–Kier alpha value is -1.07. The van der Waals surface area contributed by atoms with E-state index in [2.05, 4.69) is 11.9 Å². The molecule has 0 aliphatic rings. The molecule has 0 saturated heterocycles. The van der Waals surface area contributed by atoms with Gasteiger partial charge < -0.3 is 4.74 Å². The number of rotatable bonds is 7. The minimum atomic E-state index is -0.152. The second kappa shape index (κ2) is 7.50. The largest absolute Gasteiger partial charge is 0.465 e. The predicted octanol–water partition coefficient (Wildman–Crippen LogP) is 4.12. The zero-order valence-electron chi connectivity index (χ0n) is 10.9. The van der Waals surface area contributed by atoms with Crippen LogP contribution in [0.15, 0.2) is 28.6 Å². The van der Waals surface area contributed by atoms with E-state index in [1.165, 1.54) is 11.8 Å². The second-order valence-electron chi connectivity index (χ2n) is 4.16. The smallest absolute Gasteiger partial charge is 0.316 e. The number of para-hydroxylation sites is 1. The fourth-order valence-corrected chi connectivity index (χ4v) is 3.48. The van der Waals surface area contributed by atoms with Gasteiger partial charge in [0.05, 0.1) is 22.6 Å². The second-order valence-corrected chi connectivity index (χ2v) is 6.42. The first-order chi connectivity index (χ1) is 9.29. The molecule has 19 heavy (non-hydrogen) atoms. The van der Waals surface area contributed by atoms with Crippen molar-refractivity contribution in [1.82, 2.24) is 4.98 Å². The van der Waals surface area contributed by atoms with E-state index < -0.39 is 0 Å². The summed E-state index contributed by atoms with van der Waals surface area (Å²) in [4.78, 5) is 16.0. The maximum atomic E-state index is 11.5. The van der Waals surface area contributed by atoms with E-state index >= 15 is 0 Å². The van der Waals surface area contributed by atoms with Crippen LogP contribution in [-0.4, -0.2) is 23.3 Å². The number of fused-ring (bicyclic) bond motifs is 1. The van der Waals surface area contributed by atoms with Gasteiger partial charge in [-0.05, 0) is 18.6 Å². The molecule has 0 unspecified atom stereocenters. The Kier molecular flexibility index (Phi) is 5.66. The van der Waals surface area contributed by atoms with E-state index in [4.69, 9.17) is 4.74 Å². The van der Waals surface area contributed by atoms with Crippen LogP contribution in [0.4, 0.5) is 0 Å². The average Bonchev–Trinajstić information content (AvgIpc) is 2.84. The van der Waals surface area contributed by atoms with Gasteiger partial charge in [-0.3, -0.25) is 4.79 Å². The number of unbranched alkanes of at least 4 members (excludes halogenated alkanes) is 2. The van der Waals surface area contributed by atoms with E-state index in [1.54, 1.807) is 11.3 Å². The molecule has 102 valence electrons. The fraction of sp³-hybridized carbons (Fsp3) is 0.429. The maximum Gasteiger partial charge on any atom is 0.316 e. The van der Waals surface area contributed by atoms with Gasteiger partial charge in [0, 0.05) is 0 Å². The number of nitrogens with zero attached hydrogens (tertiary/aromatic N) is 1. The molecular weight excluding hydrogens is 278 g/mol. The van der Waals surface area contributed by atoms with Gasteiger partial charge in [0.2, 0.25) is 0 Å². The molecule has 0 spiro atoms. The molecule has 1 aromatic heterocycles. The van der Waals surface area contributed by atoms with Crippen molar-refractivity contribution < 1.29 is 9.53 Å². The van der Waals surface area contributed by atoms with Gasteiger partial charge in [0.25, 0.3) is 0 Å². The molecule has 2 rings (SSSR count). The van der Waals surface area contributed by atoms with Gasteiger partial charge >= 0.3 is 5.97 Å². The Labute approximate surface area is 121 Å². The van der Waals surface area contributed by atoms with Crippen molar-refractivity contribution in [3.05, 3.63) is 24.3 Å². The summed E-state index contributed by atoms with van der Waals surface area (Å²) >= 11 is 3.07. The zero-order valence-corrected chi connectivity index (χ0v) is 12.6. The molecule has 0 saturated carbocycles. The van der Waals surface area contributed by atoms with Gasteiger partial charge in [-0.25, -0.2) is 4.98 Å². The number of esters is 1. The van der Waals surface area contributed by atoms with E-state index in [-0.39, 0.29) is 5.97 Å². The van der Waals surface area contributed by atoms with E-state index in [0.717, 1.165) is 33.8 Å². The van der Waals surface area contributed by atoms with E-state index in [0.29, 0.717) is 12.4 Å². The normalized spacial score (nSPS) is 10.8. The van der Waals surface area contributed by atoms with Crippen LogP contribution in [0, 0.1) is 0 Å². The highest BCUT2D eigenvalue weighted by molar-refractivity contribution is 8.01. The lowest BCUT2D eigenvalue weighted by Gasteiger charge is -2.02. The van der Waals surface area contributed by atoms with Gasteiger partial charge in [0.15, 0.2) is 4.34 Å². The number of hydrogen-bond donors (Lipinski definition) is 0. The van der Waals surface area contributed by atoms with Crippen LogP contribution in [0.2, 0.25) is 0 Å². The number of benzene rings is 1. The van der Waals surface area contributed by atoms with Crippen molar-refractivity contribution in [2.24, 2.45) is 0 Å². The Morgan fingerprint density at radius 2 is 2.21 bits per heavy atom. The van der Waals surface area contributed by atoms with E-state index in [1.807, 2.05) is 24.3 Å². The first-order valence-corrected chi connectivity index (χ1v) is 8.24. The molecule has 0 fully saturated rings. The molecule has 0 aliphatic heterocycles. The topological polar surface area (TPSA) is 39.2 Å². The first-order valence-electron chi connectivity index (χ1n) is 6.43. The van der Waals surface area contributed by atoms with Crippen molar-refractivity contribution in [3.8, 4) is 0 Å². The highest BCUT2D eigenvalue weighted by Crippen LogP contribution is 2.29.